The van der Waals surface area contributed by atoms with E-state index in [0.717, 1.165) is 6.07 Å². The highest BCUT2D eigenvalue weighted by Crippen LogP contribution is 1.90. The molecule has 0 aliphatic heterocycles. The van der Waals surface area contributed by atoms with Crippen molar-refractivity contribution in [1.82, 2.24) is 15.8 Å². The van der Waals surface area contributed by atoms with Crippen LogP contribution in [0.5, 0.6) is 0 Å². The van der Waals surface area contributed by atoms with E-state index < -0.39 is 5.91 Å². The molecule has 0 spiro atoms. The van der Waals surface area contributed by atoms with Gasteiger partial charge in [0, 0.05) is 17.8 Å². The van der Waals surface area contributed by atoms with E-state index in [4.69, 9.17) is 0 Å². The van der Waals surface area contributed by atoms with E-state index >= 15 is 0 Å². The van der Waals surface area contributed by atoms with Crippen molar-refractivity contribution < 1.29 is 9.59 Å². The molecule has 1 heterocycles. The fourth-order valence-corrected chi connectivity index (χ4v) is 0.753. The molecule has 68 valence electrons. The van der Waals surface area contributed by atoms with Gasteiger partial charge < -0.3 is 4.98 Å². The third kappa shape index (κ3) is 2.44. The Bertz CT molecular complexity index is 371. The third-order valence-electron chi connectivity index (χ3n) is 1.28. The van der Waals surface area contributed by atoms with Crippen LogP contribution in [-0.4, -0.2) is 17.3 Å². The number of carbonyl (C=O) groups is 2. The van der Waals surface area contributed by atoms with Crippen molar-refractivity contribution in [3.8, 4) is 0 Å². The fraction of sp³-hybridized carbons (Fsp3) is 0. The van der Waals surface area contributed by atoms with Crippen molar-refractivity contribution in [3.05, 3.63) is 34.2 Å². The Morgan fingerprint density at radius 3 is 2.92 bits per heavy atom. The van der Waals surface area contributed by atoms with Gasteiger partial charge in [0.25, 0.3) is 5.91 Å². The van der Waals surface area contributed by atoms with E-state index in [1.165, 1.54) is 12.3 Å². The summed E-state index contributed by atoms with van der Waals surface area (Å²) in [7, 11) is 0. The van der Waals surface area contributed by atoms with Gasteiger partial charge in [0.15, 0.2) is 0 Å². The van der Waals surface area contributed by atoms with E-state index in [-0.39, 0.29) is 11.1 Å². The molecule has 3 N–H and O–H groups in total. The molecule has 0 radical (unpaired) electrons. The summed E-state index contributed by atoms with van der Waals surface area (Å²) >= 11 is 0. The second-order valence-electron chi connectivity index (χ2n) is 2.16. The molecule has 1 aromatic rings. The number of hydrazine groups is 1. The lowest BCUT2D eigenvalue weighted by Crippen LogP contribution is -2.36. The van der Waals surface area contributed by atoms with Crippen molar-refractivity contribution in [1.29, 1.82) is 0 Å². The molecule has 0 saturated carbocycles. The number of carbonyl (C=O) groups excluding carboxylic acids is 2. The molecule has 0 bridgehead atoms. The van der Waals surface area contributed by atoms with Crippen LogP contribution in [-0.2, 0) is 4.79 Å². The summed E-state index contributed by atoms with van der Waals surface area (Å²) < 4.78 is 0. The second-order valence-corrected chi connectivity index (χ2v) is 2.16. The molecule has 0 fully saturated rings. The molecule has 0 aliphatic rings. The molecule has 0 aliphatic carbocycles. The largest absolute Gasteiger partial charge is 0.329 e. The number of aromatic nitrogens is 1. The number of H-pyrrole nitrogens is 1. The summed E-state index contributed by atoms with van der Waals surface area (Å²) in [6.07, 6.45) is 1.67. The zero-order valence-corrected chi connectivity index (χ0v) is 6.53. The molecule has 2 amide bonds. The molecule has 0 saturated heterocycles. The fourth-order valence-electron chi connectivity index (χ4n) is 0.753. The second kappa shape index (κ2) is 4.05. The number of hydrogen-bond donors (Lipinski definition) is 3. The van der Waals surface area contributed by atoms with Crippen LogP contribution in [0.4, 0.5) is 0 Å². The maximum atomic E-state index is 11.1. The van der Waals surface area contributed by atoms with Gasteiger partial charge in [-0.25, -0.2) is 0 Å². The number of amides is 2. The van der Waals surface area contributed by atoms with Crippen LogP contribution in [0.3, 0.4) is 0 Å². The number of pyridine rings is 1. The Kier molecular flexibility index (Phi) is 2.80. The van der Waals surface area contributed by atoms with Gasteiger partial charge >= 0.3 is 0 Å². The number of rotatable bonds is 3. The van der Waals surface area contributed by atoms with Crippen LogP contribution in [0.2, 0.25) is 0 Å². The lowest BCUT2D eigenvalue weighted by atomic mass is 10.2. The smallest absolute Gasteiger partial charge is 0.269 e. The highest BCUT2D eigenvalue weighted by Gasteiger charge is 2.03. The van der Waals surface area contributed by atoms with E-state index in [1.54, 1.807) is 0 Å². The van der Waals surface area contributed by atoms with Gasteiger partial charge in [-0.3, -0.25) is 25.2 Å². The zero-order valence-electron chi connectivity index (χ0n) is 6.53. The number of aromatic amines is 1. The summed E-state index contributed by atoms with van der Waals surface area (Å²) in [5, 5.41) is 0. The maximum absolute atomic E-state index is 11.1. The topological polar surface area (TPSA) is 91.1 Å². The normalized spacial score (nSPS) is 8.92. The molecule has 6 nitrogen and oxygen atoms in total. The molecule has 1 rings (SSSR count). The molecule has 0 atom stereocenters. The number of hydrogen-bond acceptors (Lipinski definition) is 3. The van der Waals surface area contributed by atoms with Crippen LogP contribution >= 0.6 is 0 Å². The van der Waals surface area contributed by atoms with E-state index in [0.29, 0.717) is 6.41 Å². The minimum Gasteiger partial charge on any atom is -0.329 e. The van der Waals surface area contributed by atoms with E-state index in [1.807, 2.05) is 5.43 Å². The SMILES string of the molecule is O=CNNC(=O)c1cc[nH]c(=O)c1. The van der Waals surface area contributed by atoms with Crippen molar-refractivity contribution in [3.63, 3.8) is 0 Å². The molecule has 1 aromatic heterocycles. The Morgan fingerprint density at radius 2 is 2.31 bits per heavy atom. The lowest BCUT2D eigenvalue weighted by molar-refractivity contribution is -0.110. The first-order valence-electron chi connectivity index (χ1n) is 3.42. The Labute approximate surface area is 72.9 Å². The van der Waals surface area contributed by atoms with Crippen LogP contribution in [0.25, 0.3) is 0 Å². The van der Waals surface area contributed by atoms with E-state index in [9.17, 15) is 14.4 Å². The van der Waals surface area contributed by atoms with Crippen LogP contribution in [0.15, 0.2) is 23.1 Å². The van der Waals surface area contributed by atoms with Crippen molar-refractivity contribution in [2.24, 2.45) is 0 Å². The Hall–Kier alpha value is -2.11. The Balaban J connectivity index is 2.77. The predicted molar refractivity (Wildman–Crippen MR) is 43.7 cm³/mol. The van der Waals surface area contributed by atoms with Gasteiger partial charge in [-0.2, -0.15) is 0 Å². The maximum Gasteiger partial charge on any atom is 0.269 e. The van der Waals surface area contributed by atoms with Crippen LogP contribution in [0, 0.1) is 0 Å². The lowest BCUT2D eigenvalue weighted by Gasteiger charge is -2.00. The van der Waals surface area contributed by atoms with Crippen molar-refractivity contribution in [2.45, 2.75) is 0 Å². The molecular formula is C7H7N3O3. The predicted octanol–water partition coefficient (Wildman–Crippen LogP) is -1.23. The molecule has 13 heavy (non-hydrogen) atoms. The minimum absolute atomic E-state index is 0.179. The summed E-state index contributed by atoms with van der Waals surface area (Å²) in [5.74, 6) is -0.543. The van der Waals surface area contributed by atoms with Crippen molar-refractivity contribution >= 4 is 12.3 Å². The summed E-state index contributed by atoms with van der Waals surface area (Å²) in [4.78, 5) is 34.0. The summed E-state index contributed by atoms with van der Waals surface area (Å²) in [6, 6.07) is 2.55. The van der Waals surface area contributed by atoms with Gasteiger partial charge in [0.1, 0.15) is 0 Å². The number of nitrogens with one attached hydrogen (secondary N) is 3. The van der Waals surface area contributed by atoms with E-state index in [2.05, 4.69) is 10.4 Å². The Morgan fingerprint density at radius 1 is 1.54 bits per heavy atom. The van der Waals surface area contributed by atoms with Gasteiger partial charge in [0.2, 0.25) is 12.0 Å². The molecule has 0 aromatic carbocycles. The average molecular weight is 181 g/mol. The standard InChI is InChI=1S/C7H7N3O3/c11-4-9-10-7(13)5-1-2-8-6(12)3-5/h1-4H,(H,8,12)(H,9,11)(H,10,13). The monoisotopic (exact) mass is 181 g/mol. The van der Waals surface area contributed by atoms with Crippen LogP contribution in [0.1, 0.15) is 10.4 Å². The van der Waals surface area contributed by atoms with Gasteiger partial charge in [-0.05, 0) is 6.07 Å². The summed E-state index contributed by atoms with van der Waals surface area (Å²) in [6.45, 7) is 0. The van der Waals surface area contributed by atoms with Crippen LogP contribution < -0.4 is 16.4 Å². The first-order valence-corrected chi connectivity index (χ1v) is 3.42. The van der Waals surface area contributed by atoms with Gasteiger partial charge in [0.05, 0.1) is 0 Å². The van der Waals surface area contributed by atoms with Gasteiger partial charge in [-0.15, -0.1) is 0 Å². The quantitative estimate of drug-likeness (QED) is 0.402. The van der Waals surface area contributed by atoms with Gasteiger partial charge in [-0.1, -0.05) is 0 Å². The third-order valence-corrected chi connectivity index (χ3v) is 1.28. The molecular weight excluding hydrogens is 174 g/mol. The minimum atomic E-state index is -0.543. The highest BCUT2D eigenvalue weighted by atomic mass is 16.2. The first-order chi connectivity index (χ1) is 6.24. The van der Waals surface area contributed by atoms with Crippen molar-refractivity contribution in [2.75, 3.05) is 0 Å². The first kappa shape index (κ1) is 8.98. The molecule has 0 unspecified atom stereocenters. The summed E-state index contributed by atoms with van der Waals surface area (Å²) in [5.41, 5.74) is 3.84. The molecule has 6 heteroatoms. The zero-order chi connectivity index (χ0) is 9.68. The average Bonchev–Trinajstić information content (AvgIpc) is 2.14. The highest BCUT2D eigenvalue weighted by molar-refractivity contribution is 5.94.